The van der Waals surface area contributed by atoms with Crippen molar-refractivity contribution < 1.29 is 9.15 Å². The summed E-state index contributed by atoms with van der Waals surface area (Å²) >= 11 is 0. The average Bonchev–Trinajstić information content (AvgIpc) is 2.67. The summed E-state index contributed by atoms with van der Waals surface area (Å²) in [6, 6.07) is 16.8. The Morgan fingerprint density at radius 1 is 1.15 bits per heavy atom. The van der Waals surface area contributed by atoms with Gasteiger partial charge in [0.15, 0.2) is 5.43 Å². The van der Waals surface area contributed by atoms with E-state index in [1.165, 1.54) is 12.8 Å². The maximum Gasteiger partial charge on any atom is 0.197 e. The SMILES string of the molecule is CN1CCCC(COc2cccc3oc(-c4ccccc4)cc(=O)c23)C1. The van der Waals surface area contributed by atoms with Crippen LogP contribution in [0.1, 0.15) is 12.8 Å². The Bertz CT molecular complexity index is 949. The van der Waals surface area contributed by atoms with Crippen LogP contribution in [-0.4, -0.2) is 31.6 Å². The summed E-state index contributed by atoms with van der Waals surface area (Å²) in [5.41, 5.74) is 1.39. The van der Waals surface area contributed by atoms with Crippen molar-refractivity contribution in [2.24, 2.45) is 5.92 Å². The first-order valence-electron chi connectivity index (χ1n) is 9.14. The van der Waals surface area contributed by atoms with Crippen molar-refractivity contribution in [3.05, 3.63) is 64.8 Å². The van der Waals surface area contributed by atoms with Gasteiger partial charge < -0.3 is 14.1 Å². The van der Waals surface area contributed by atoms with Gasteiger partial charge >= 0.3 is 0 Å². The fourth-order valence-corrected chi connectivity index (χ4v) is 3.66. The highest BCUT2D eigenvalue weighted by Crippen LogP contribution is 2.28. The van der Waals surface area contributed by atoms with Crippen LogP contribution in [0.4, 0.5) is 0 Å². The highest BCUT2D eigenvalue weighted by Gasteiger charge is 2.19. The predicted octanol–water partition coefficient (Wildman–Crippen LogP) is 4.18. The maximum absolute atomic E-state index is 12.7. The summed E-state index contributed by atoms with van der Waals surface area (Å²) in [5.74, 6) is 1.69. The van der Waals surface area contributed by atoms with Gasteiger partial charge in [-0.2, -0.15) is 0 Å². The number of hydrogen-bond acceptors (Lipinski definition) is 4. The van der Waals surface area contributed by atoms with Gasteiger partial charge in [-0.15, -0.1) is 0 Å². The molecule has 134 valence electrons. The Balaban J connectivity index is 1.63. The zero-order valence-corrected chi connectivity index (χ0v) is 15.0. The van der Waals surface area contributed by atoms with E-state index >= 15 is 0 Å². The van der Waals surface area contributed by atoms with Gasteiger partial charge in [0.05, 0.1) is 6.61 Å². The van der Waals surface area contributed by atoms with E-state index in [0.717, 1.165) is 18.7 Å². The molecule has 4 heteroatoms. The zero-order chi connectivity index (χ0) is 17.9. The minimum Gasteiger partial charge on any atom is -0.492 e. The highest BCUT2D eigenvalue weighted by atomic mass is 16.5. The van der Waals surface area contributed by atoms with E-state index in [-0.39, 0.29) is 5.43 Å². The number of nitrogens with zero attached hydrogens (tertiary/aromatic N) is 1. The van der Waals surface area contributed by atoms with Crippen molar-refractivity contribution in [3.8, 4) is 17.1 Å². The lowest BCUT2D eigenvalue weighted by Gasteiger charge is -2.29. The molecule has 2 aromatic carbocycles. The van der Waals surface area contributed by atoms with Crippen LogP contribution in [0.15, 0.2) is 63.8 Å². The third kappa shape index (κ3) is 3.51. The smallest absolute Gasteiger partial charge is 0.197 e. The molecule has 4 nitrogen and oxygen atoms in total. The van der Waals surface area contributed by atoms with E-state index in [1.807, 2.05) is 48.5 Å². The van der Waals surface area contributed by atoms with E-state index < -0.39 is 0 Å². The fourth-order valence-electron chi connectivity index (χ4n) is 3.66. The van der Waals surface area contributed by atoms with Gasteiger partial charge in [0.25, 0.3) is 0 Å². The minimum atomic E-state index is -0.0681. The first kappa shape index (κ1) is 16.9. The molecule has 1 fully saturated rings. The van der Waals surface area contributed by atoms with Crippen LogP contribution in [0, 0.1) is 5.92 Å². The third-order valence-electron chi connectivity index (χ3n) is 4.97. The molecule has 1 saturated heterocycles. The number of hydrogen-bond donors (Lipinski definition) is 0. The lowest BCUT2D eigenvalue weighted by Crippen LogP contribution is -2.34. The van der Waals surface area contributed by atoms with Crippen LogP contribution >= 0.6 is 0 Å². The summed E-state index contributed by atoms with van der Waals surface area (Å²) in [6.45, 7) is 2.82. The lowest BCUT2D eigenvalue weighted by molar-refractivity contribution is 0.151. The topological polar surface area (TPSA) is 42.7 Å². The van der Waals surface area contributed by atoms with Gasteiger partial charge in [-0.1, -0.05) is 36.4 Å². The van der Waals surface area contributed by atoms with E-state index in [2.05, 4.69) is 11.9 Å². The number of fused-ring (bicyclic) bond motifs is 1. The van der Waals surface area contributed by atoms with Crippen LogP contribution in [0.3, 0.4) is 0 Å². The van der Waals surface area contributed by atoms with Gasteiger partial charge in [-0.25, -0.2) is 0 Å². The summed E-state index contributed by atoms with van der Waals surface area (Å²) < 4.78 is 12.0. The fraction of sp³-hybridized carbons (Fsp3) is 0.318. The molecule has 1 aliphatic heterocycles. The Labute approximate surface area is 153 Å². The van der Waals surface area contributed by atoms with Gasteiger partial charge in [-0.3, -0.25) is 4.79 Å². The molecular weight excluding hydrogens is 326 g/mol. The molecule has 3 aromatic rings. The molecule has 2 heterocycles. The summed E-state index contributed by atoms with van der Waals surface area (Å²) in [7, 11) is 2.14. The van der Waals surface area contributed by atoms with Crippen molar-refractivity contribution in [3.63, 3.8) is 0 Å². The standard InChI is InChI=1S/C22H23NO3/c1-23-12-6-7-16(14-23)15-25-19-10-5-11-20-22(19)18(24)13-21(26-20)17-8-3-2-4-9-17/h2-5,8-11,13,16H,6-7,12,14-15H2,1H3. The molecule has 0 aliphatic carbocycles. The molecule has 0 spiro atoms. The number of piperidine rings is 1. The summed E-state index contributed by atoms with van der Waals surface area (Å²) in [6.07, 6.45) is 2.37. The molecule has 26 heavy (non-hydrogen) atoms. The second kappa shape index (κ2) is 7.34. The van der Waals surface area contributed by atoms with Gasteiger partial charge in [0.1, 0.15) is 22.5 Å². The lowest BCUT2D eigenvalue weighted by atomic mass is 9.99. The molecule has 0 amide bonds. The first-order valence-corrected chi connectivity index (χ1v) is 9.14. The van der Waals surface area contributed by atoms with Crippen LogP contribution in [0.5, 0.6) is 5.75 Å². The van der Waals surface area contributed by atoms with E-state index in [1.54, 1.807) is 6.07 Å². The number of likely N-dealkylation sites (tertiary alicyclic amines) is 1. The molecule has 1 aromatic heterocycles. The van der Waals surface area contributed by atoms with Crippen molar-refractivity contribution in [2.75, 3.05) is 26.7 Å². The second-order valence-electron chi connectivity index (χ2n) is 7.05. The molecule has 1 atom stereocenters. The highest BCUT2D eigenvalue weighted by molar-refractivity contribution is 5.84. The van der Waals surface area contributed by atoms with Crippen molar-refractivity contribution in [1.29, 1.82) is 0 Å². The van der Waals surface area contributed by atoms with E-state index in [4.69, 9.17) is 9.15 Å². The first-order chi connectivity index (χ1) is 12.7. The number of benzene rings is 2. The van der Waals surface area contributed by atoms with E-state index in [0.29, 0.717) is 35.0 Å². The van der Waals surface area contributed by atoms with Gasteiger partial charge in [0.2, 0.25) is 0 Å². The summed E-state index contributed by atoms with van der Waals surface area (Å²) in [5, 5.41) is 0.524. The van der Waals surface area contributed by atoms with Gasteiger partial charge in [-0.05, 0) is 38.6 Å². The zero-order valence-electron chi connectivity index (χ0n) is 15.0. The van der Waals surface area contributed by atoms with Crippen LogP contribution in [0.2, 0.25) is 0 Å². The largest absolute Gasteiger partial charge is 0.492 e. The van der Waals surface area contributed by atoms with Crippen LogP contribution in [-0.2, 0) is 0 Å². The summed E-state index contributed by atoms with van der Waals surface area (Å²) in [4.78, 5) is 15.1. The third-order valence-corrected chi connectivity index (χ3v) is 4.97. The maximum atomic E-state index is 12.7. The molecule has 4 rings (SSSR count). The molecule has 1 aliphatic rings. The van der Waals surface area contributed by atoms with Crippen LogP contribution in [0.25, 0.3) is 22.3 Å². The monoisotopic (exact) mass is 349 g/mol. The molecule has 0 saturated carbocycles. The normalized spacial score (nSPS) is 18.1. The molecule has 0 bridgehead atoms. The van der Waals surface area contributed by atoms with Crippen molar-refractivity contribution in [1.82, 2.24) is 4.90 Å². The molecule has 0 radical (unpaired) electrons. The van der Waals surface area contributed by atoms with Crippen LogP contribution < -0.4 is 10.2 Å². The Kier molecular flexibility index (Phi) is 4.76. The van der Waals surface area contributed by atoms with Crippen molar-refractivity contribution in [2.45, 2.75) is 12.8 Å². The predicted molar refractivity (Wildman–Crippen MR) is 104 cm³/mol. The average molecular weight is 349 g/mol. The number of ether oxygens (including phenoxy) is 1. The second-order valence-corrected chi connectivity index (χ2v) is 7.05. The van der Waals surface area contributed by atoms with Gasteiger partial charge in [0, 0.05) is 24.1 Å². The van der Waals surface area contributed by atoms with E-state index in [9.17, 15) is 4.79 Å². The van der Waals surface area contributed by atoms with Crippen molar-refractivity contribution >= 4 is 11.0 Å². The minimum absolute atomic E-state index is 0.0681. The Morgan fingerprint density at radius 2 is 2.00 bits per heavy atom. The molecule has 0 N–H and O–H groups in total. The number of rotatable bonds is 4. The Hall–Kier alpha value is -2.59. The Morgan fingerprint density at radius 3 is 2.81 bits per heavy atom. The molecular formula is C22H23NO3. The quantitative estimate of drug-likeness (QED) is 0.709. The molecule has 1 unspecified atom stereocenters.